The molecule has 0 bridgehead atoms. The summed E-state index contributed by atoms with van der Waals surface area (Å²) in [4.78, 5) is 17.2. The second kappa shape index (κ2) is 8.26. The number of amides is 1. The zero-order chi connectivity index (χ0) is 23.0. The van der Waals surface area contributed by atoms with Crippen LogP contribution in [0.1, 0.15) is 24.1 Å². The third kappa shape index (κ3) is 3.51. The SMILES string of the molecule is COc1cc([C@H]2C(C(N)=O)=C(C)Nc3nc(-c4cccc(C)c4)nn32)cc(OC)c1OC. The fraction of sp³-hybridized carbons (Fsp3) is 0.261. The highest BCUT2D eigenvalue weighted by atomic mass is 16.5. The molecule has 2 aromatic carbocycles. The first-order valence-corrected chi connectivity index (χ1v) is 9.99. The van der Waals surface area contributed by atoms with E-state index in [-0.39, 0.29) is 0 Å². The van der Waals surface area contributed by atoms with Gasteiger partial charge in [-0.1, -0.05) is 23.8 Å². The van der Waals surface area contributed by atoms with Crippen molar-refractivity contribution in [2.75, 3.05) is 26.6 Å². The van der Waals surface area contributed by atoms with Gasteiger partial charge in [0, 0.05) is 11.3 Å². The summed E-state index contributed by atoms with van der Waals surface area (Å²) in [6.45, 7) is 3.79. The molecule has 0 aliphatic carbocycles. The van der Waals surface area contributed by atoms with Crippen molar-refractivity contribution < 1.29 is 19.0 Å². The second-order valence-corrected chi connectivity index (χ2v) is 7.46. The van der Waals surface area contributed by atoms with Crippen molar-refractivity contribution >= 4 is 11.9 Å². The van der Waals surface area contributed by atoms with Crippen molar-refractivity contribution in [1.82, 2.24) is 14.8 Å². The molecule has 1 amide bonds. The van der Waals surface area contributed by atoms with E-state index in [1.165, 1.54) is 21.3 Å². The van der Waals surface area contributed by atoms with Gasteiger partial charge in [0.05, 0.1) is 26.9 Å². The number of carbonyl (C=O) groups excluding carboxylic acids is 1. The number of nitrogens with one attached hydrogen (secondary N) is 1. The van der Waals surface area contributed by atoms with Crippen LogP contribution in [-0.2, 0) is 4.79 Å². The number of fused-ring (bicyclic) bond motifs is 1. The highest BCUT2D eigenvalue weighted by Crippen LogP contribution is 2.43. The number of carbonyl (C=O) groups is 1. The Bertz CT molecular complexity index is 1210. The molecule has 0 saturated carbocycles. The number of aryl methyl sites for hydroxylation is 1. The van der Waals surface area contributed by atoms with Crippen LogP contribution < -0.4 is 25.3 Å². The van der Waals surface area contributed by atoms with Crippen LogP contribution in [0.4, 0.5) is 5.95 Å². The van der Waals surface area contributed by atoms with Crippen LogP contribution in [0.25, 0.3) is 11.4 Å². The summed E-state index contributed by atoms with van der Waals surface area (Å²) in [5.41, 5.74) is 9.42. The molecular formula is C23H25N5O4. The number of nitrogens with two attached hydrogens (primary N) is 1. The topological polar surface area (TPSA) is 114 Å². The van der Waals surface area contributed by atoms with Gasteiger partial charge in [0.2, 0.25) is 17.6 Å². The number of methoxy groups -OCH3 is 3. The summed E-state index contributed by atoms with van der Waals surface area (Å²) in [6.07, 6.45) is 0. The number of anilines is 1. The molecule has 0 fully saturated rings. The Balaban J connectivity index is 1.93. The van der Waals surface area contributed by atoms with Crippen molar-refractivity contribution in [2.24, 2.45) is 5.73 Å². The standard InChI is InChI=1S/C23H25N5O4/c1-12-7-6-8-14(9-12)22-26-23-25-13(2)18(21(24)29)19(28(23)27-22)15-10-16(30-3)20(32-5)17(11-15)31-4/h6-11,19H,1-5H3,(H2,24,29)(H,25,26,27)/t19-/m0/s1. The number of rotatable bonds is 6. The van der Waals surface area contributed by atoms with Crippen LogP contribution in [0, 0.1) is 6.92 Å². The molecule has 1 atom stereocenters. The predicted molar refractivity (Wildman–Crippen MR) is 120 cm³/mol. The number of hydrogen-bond donors (Lipinski definition) is 2. The molecular weight excluding hydrogens is 410 g/mol. The Morgan fingerprint density at radius 2 is 1.75 bits per heavy atom. The fourth-order valence-corrected chi connectivity index (χ4v) is 3.94. The van der Waals surface area contributed by atoms with E-state index >= 15 is 0 Å². The molecule has 9 heteroatoms. The first-order valence-electron chi connectivity index (χ1n) is 9.99. The third-order valence-electron chi connectivity index (χ3n) is 5.40. The molecule has 0 spiro atoms. The molecule has 3 N–H and O–H groups in total. The Morgan fingerprint density at radius 1 is 1.06 bits per heavy atom. The molecule has 0 unspecified atom stereocenters. The summed E-state index contributed by atoms with van der Waals surface area (Å²) < 4.78 is 18.1. The normalized spacial score (nSPS) is 15.1. The first kappa shape index (κ1) is 21.2. The van der Waals surface area contributed by atoms with Gasteiger partial charge >= 0.3 is 0 Å². The van der Waals surface area contributed by atoms with Crippen LogP contribution >= 0.6 is 0 Å². The van der Waals surface area contributed by atoms with Gasteiger partial charge in [0.15, 0.2) is 17.3 Å². The van der Waals surface area contributed by atoms with Crippen LogP contribution in [0.15, 0.2) is 47.7 Å². The summed E-state index contributed by atoms with van der Waals surface area (Å²) >= 11 is 0. The molecule has 1 aromatic heterocycles. The van der Waals surface area contributed by atoms with Crippen LogP contribution in [0.2, 0.25) is 0 Å². The van der Waals surface area contributed by atoms with Gasteiger partial charge in [-0.05, 0) is 37.6 Å². The average Bonchev–Trinajstić information content (AvgIpc) is 3.20. The largest absolute Gasteiger partial charge is 0.493 e. The Morgan fingerprint density at radius 3 is 2.31 bits per heavy atom. The summed E-state index contributed by atoms with van der Waals surface area (Å²) in [5.74, 6) is 1.85. The van der Waals surface area contributed by atoms with Crippen molar-refractivity contribution in [3.8, 4) is 28.6 Å². The maximum Gasteiger partial charge on any atom is 0.248 e. The Hall–Kier alpha value is -4.01. The van der Waals surface area contributed by atoms with E-state index in [1.807, 2.05) is 31.2 Å². The van der Waals surface area contributed by atoms with Gasteiger partial charge in [0.1, 0.15) is 6.04 Å². The van der Waals surface area contributed by atoms with E-state index in [2.05, 4.69) is 10.3 Å². The Labute approximate surface area is 185 Å². The molecule has 0 radical (unpaired) electrons. The van der Waals surface area contributed by atoms with Crippen molar-refractivity contribution in [1.29, 1.82) is 0 Å². The van der Waals surface area contributed by atoms with E-state index in [9.17, 15) is 4.79 Å². The predicted octanol–water partition coefficient (Wildman–Crippen LogP) is 3.05. The second-order valence-electron chi connectivity index (χ2n) is 7.46. The number of allylic oxidation sites excluding steroid dienone is 1. The maximum atomic E-state index is 12.5. The fourth-order valence-electron chi connectivity index (χ4n) is 3.94. The number of primary amides is 1. The summed E-state index contributed by atoms with van der Waals surface area (Å²) in [6, 6.07) is 10.8. The molecule has 1 aliphatic heterocycles. The van der Waals surface area contributed by atoms with Crippen LogP contribution in [0.3, 0.4) is 0 Å². The number of ether oxygens (including phenoxy) is 3. The lowest BCUT2D eigenvalue weighted by atomic mass is 9.94. The van der Waals surface area contributed by atoms with Gasteiger partial charge in [-0.15, -0.1) is 5.10 Å². The minimum atomic E-state index is -0.636. The number of nitrogens with zero attached hydrogens (tertiary/aromatic N) is 3. The quantitative estimate of drug-likeness (QED) is 0.612. The molecule has 166 valence electrons. The number of benzene rings is 2. The van der Waals surface area contributed by atoms with E-state index < -0.39 is 11.9 Å². The average molecular weight is 435 g/mol. The van der Waals surface area contributed by atoms with Gasteiger partial charge in [-0.2, -0.15) is 4.98 Å². The molecule has 3 aromatic rings. The highest BCUT2D eigenvalue weighted by Gasteiger charge is 2.34. The van der Waals surface area contributed by atoms with Gasteiger partial charge < -0.3 is 25.3 Å². The lowest BCUT2D eigenvalue weighted by Crippen LogP contribution is -2.31. The van der Waals surface area contributed by atoms with E-state index in [0.717, 1.165) is 11.1 Å². The number of aromatic nitrogens is 3. The lowest BCUT2D eigenvalue weighted by molar-refractivity contribution is -0.115. The summed E-state index contributed by atoms with van der Waals surface area (Å²) in [5, 5.41) is 7.89. The minimum Gasteiger partial charge on any atom is -0.493 e. The molecule has 1 aliphatic rings. The van der Waals surface area contributed by atoms with Gasteiger partial charge in [-0.25, -0.2) is 4.68 Å². The lowest BCUT2D eigenvalue weighted by Gasteiger charge is -2.28. The van der Waals surface area contributed by atoms with Crippen molar-refractivity contribution in [2.45, 2.75) is 19.9 Å². The van der Waals surface area contributed by atoms with E-state index in [0.29, 0.717) is 45.9 Å². The smallest absolute Gasteiger partial charge is 0.248 e. The monoisotopic (exact) mass is 435 g/mol. The number of hydrogen-bond acceptors (Lipinski definition) is 7. The summed E-state index contributed by atoms with van der Waals surface area (Å²) in [7, 11) is 4.61. The van der Waals surface area contributed by atoms with Crippen molar-refractivity contribution in [3.63, 3.8) is 0 Å². The molecule has 32 heavy (non-hydrogen) atoms. The van der Waals surface area contributed by atoms with Gasteiger partial charge in [-0.3, -0.25) is 4.79 Å². The molecule has 0 saturated heterocycles. The Kier molecular flexibility index (Phi) is 5.48. The van der Waals surface area contributed by atoms with Crippen molar-refractivity contribution in [3.05, 3.63) is 58.8 Å². The molecule has 4 rings (SSSR count). The van der Waals surface area contributed by atoms with Crippen LogP contribution in [0.5, 0.6) is 17.2 Å². The van der Waals surface area contributed by atoms with Crippen LogP contribution in [-0.4, -0.2) is 42.0 Å². The maximum absolute atomic E-state index is 12.5. The minimum absolute atomic E-state index is 0.368. The zero-order valence-corrected chi connectivity index (χ0v) is 18.6. The van der Waals surface area contributed by atoms with E-state index in [1.54, 1.807) is 23.7 Å². The molecule has 9 nitrogen and oxygen atoms in total. The first-order chi connectivity index (χ1) is 15.4. The molecule has 2 heterocycles. The van der Waals surface area contributed by atoms with E-state index in [4.69, 9.17) is 25.0 Å². The highest BCUT2D eigenvalue weighted by molar-refractivity contribution is 5.95. The van der Waals surface area contributed by atoms with Gasteiger partial charge in [0.25, 0.3) is 0 Å². The third-order valence-corrected chi connectivity index (χ3v) is 5.40. The zero-order valence-electron chi connectivity index (χ0n) is 18.6.